The summed E-state index contributed by atoms with van der Waals surface area (Å²) < 4.78 is 22.1. The zero-order valence-corrected chi connectivity index (χ0v) is 10.7. The quantitative estimate of drug-likeness (QED) is 0.742. The number of sulfonamides is 1. The number of pyridine rings is 1. The highest BCUT2D eigenvalue weighted by atomic mass is 32.2. The number of primary sulfonamides is 1. The molecule has 0 saturated heterocycles. The maximum atomic E-state index is 11.1. The van der Waals surface area contributed by atoms with Crippen molar-refractivity contribution < 1.29 is 8.42 Å². The van der Waals surface area contributed by atoms with E-state index in [9.17, 15) is 8.42 Å². The lowest BCUT2D eigenvalue weighted by Crippen LogP contribution is -2.26. The van der Waals surface area contributed by atoms with E-state index < -0.39 is 10.0 Å². The molecule has 0 saturated carbocycles. The Morgan fingerprint density at radius 2 is 2.12 bits per heavy atom. The van der Waals surface area contributed by atoms with Crippen molar-refractivity contribution in [1.29, 1.82) is 0 Å². The summed E-state index contributed by atoms with van der Waals surface area (Å²) in [5.74, 6) is 0.730. The van der Waals surface area contributed by atoms with Gasteiger partial charge in [-0.2, -0.15) is 0 Å². The van der Waals surface area contributed by atoms with E-state index >= 15 is 0 Å². The van der Waals surface area contributed by atoms with Gasteiger partial charge in [0.25, 0.3) is 0 Å². The van der Waals surface area contributed by atoms with Crippen LogP contribution in [-0.2, 0) is 10.0 Å². The molecule has 1 heterocycles. The minimum absolute atomic E-state index is 0.0242. The molecular weight excluding hydrogens is 240 g/mol. The maximum absolute atomic E-state index is 11.1. The highest BCUT2D eigenvalue weighted by Crippen LogP contribution is 2.13. The number of nitrogens with zero attached hydrogens (tertiary/aromatic N) is 2. The highest BCUT2D eigenvalue weighted by Gasteiger charge is 2.10. The van der Waals surface area contributed by atoms with Crippen LogP contribution in [0.5, 0.6) is 0 Å². The smallest absolute Gasteiger partial charge is 0.239 e. The van der Waals surface area contributed by atoms with E-state index in [1.807, 2.05) is 11.8 Å². The predicted molar refractivity (Wildman–Crippen MR) is 67.2 cm³/mol. The van der Waals surface area contributed by atoms with Crippen LogP contribution in [0.2, 0.25) is 0 Å². The monoisotopic (exact) mass is 258 g/mol. The molecule has 0 atom stereocenters. The van der Waals surface area contributed by atoms with Crippen molar-refractivity contribution in [2.45, 2.75) is 18.2 Å². The largest absolute Gasteiger partial charge is 0.357 e. The number of aromatic nitrogens is 1. The van der Waals surface area contributed by atoms with Crippen LogP contribution in [0.15, 0.2) is 23.2 Å². The van der Waals surface area contributed by atoms with Crippen molar-refractivity contribution in [1.82, 2.24) is 4.98 Å². The summed E-state index contributed by atoms with van der Waals surface area (Å²) in [6.45, 7) is 4.22. The molecule has 17 heavy (non-hydrogen) atoms. The molecule has 0 fully saturated rings. The fraction of sp³-hybridized carbons (Fsp3) is 0.500. The van der Waals surface area contributed by atoms with Gasteiger partial charge in [-0.3, -0.25) is 0 Å². The minimum atomic E-state index is -3.67. The zero-order chi connectivity index (χ0) is 12.9. The molecule has 0 aliphatic rings. The van der Waals surface area contributed by atoms with E-state index in [0.717, 1.165) is 25.3 Å². The molecule has 0 aliphatic heterocycles. The number of anilines is 1. The van der Waals surface area contributed by atoms with Crippen LogP contribution in [0.25, 0.3) is 0 Å². The standard InChI is InChI=1S/C10H18N4O2S/c1-2-14(7-3-6-11)10-5-4-9(8-13-10)17(12,15)16/h4-5,8H,2-3,6-7,11H2,1H3,(H2,12,15,16). The number of hydrogen-bond donors (Lipinski definition) is 2. The molecule has 96 valence electrons. The summed E-state index contributed by atoms with van der Waals surface area (Å²) in [6.07, 6.45) is 2.14. The molecule has 4 N–H and O–H groups in total. The lowest BCUT2D eigenvalue weighted by Gasteiger charge is -2.21. The first-order chi connectivity index (χ1) is 7.99. The summed E-state index contributed by atoms with van der Waals surface area (Å²) in [6, 6.07) is 3.11. The number of hydrogen-bond acceptors (Lipinski definition) is 5. The van der Waals surface area contributed by atoms with Crippen LogP contribution < -0.4 is 15.8 Å². The molecule has 7 heteroatoms. The molecule has 0 bridgehead atoms. The second kappa shape index (κ2) is 5.95. The van der Waals surface area contributed by atoms with Gasteiger partial charge in [-0.15, -0.1) is 0 Å². The van der Waals surface area contributed by atoms with Crippen molar-refractivity contribution >= 4 is 15.8 Å². The number of nitrogens with two attached hydrogens (primary N) is 2. The van der Waals surface area contributed by atoms with E-state index in [1.165, 1.54) is 12.3 Å². The Bertz CT molecular complexity index is 444. The number of rotatable bonds is 6. The Kier molecular flexibility index (Phi) is 4.86. The summed E-state index contributed by atoms with van der Waals surface area (Å²) in [7, 11) is -3.67. The fourth-order valence-corrected chi connectivity index (χ4v) is 1.90. The first-order valence-electron chi connectivity index (χ1n) is 5.43. The molecular formula is C10H18N4O2S. The molecule has 0 aromatic carbocycles. The topological polar surface area (TPSA) is 102 Å². The summed E-state index contributed by atoms with van der Waals surface area (Å²) in [5, 5.41) is 5.00. The van der Waals surface area contributed by atoms with E-state index in [4.69, 9.17) is 10.9 Å². The van der Waals surface area contributed by atoms with E-state index in [2.05, 4.69) is 4.98 Å². The average molecular weight is 258 g/mol. The van der Waals surface area contributed by atoms with Gasteiger partial charge in [-0.05, 0) is 32.0 Å². The van der Waals surface area contributed by atoms with Crippen molar-refractivity contribution in [3.05, 3.63) is 18.3 Å². The van der Waals surface area contributed by atoms with E-state index in [0.29, 0.717) is 6.54 Å². The van der Waals surface area contributed by atoms with Crippen LogP contribution in [0.3, 0.4) is 0 Å². The predicted octanol–water partition coefficient (Wildman–Crippen LogP) is -0.0959. The van der Waals surface area contributed by atoms with Gasteiger partial charge in [-0.1, -0.05) is 0 Å². The molecule has 0 aliphatic carbocycles. The first-order valence-corrected chi connectivity index (χ1v) is 6.97. The lowest BCUT2D eigenvalue weighted by molar-refractivity contribution is 0.597. The highest BCUT2D eigenvalue weighted by molar-refractivity contribution is 7.89. The Morgan fingerprint density at radius 3 is 2.53 bits per heavy atom. The van der Waals surface area contributed by atoms with Crippen molar-refractivity contribution in [3.63, 3.8) is 0 Å². The summed E-state index contributed by atoms with van der Waals surface area (Å²) in [4.78, 5) is 6.15. The average Bonchev–Trinajstić information content (AvgIpc) is 2.29. The third-order valence-electron chi connectivity index (χ3n) is 2.39. The van der Waals surface area contributed by atoms with Gasteiger partial charge in [-0.25, -0.2) is 18.5 Å². The molecule has 0 spiro atoms. The van der Waals surface area contributed by atoms with Crippen LogP contribution >= 0.6 is 0 Å². The third kappa shape index (κ3) is 3.95. The minimum Gasteiger partial charge on any atom is -0.357 e. The summed E-state index contributed by atoms with van der Waals surface area (Å²) >= 11 is 0. The molecule has 1 rings (SSSR count). The Hall–Kier alpha value is -1.18. The molecule has 0 unspecified atom stereocenters. The normalized spacial score (nSPS) is 11.5. The van der Waals surface area contributed by atoms with Gasteiger partial charge < -0.3 is 10.6 Å². The van der Waals surface area contributed by atoms with Gasteiger partial charge >= 0.3 is 0 Å². The Morgan fingerprint density at radius 1 is 1.41 bits per heavy atom. The van der Waals surface area contributed by atoms with Crippen LogP contribution in [0.4, 0.5) is 5.82 Å². The van der Waals surface area contributed by atoms with Crippen LogP contribution in [0.1, 0.15) is 13.3 Å². The molecule has 1 aromatic rings. The van der Waals surface area contributed by atoms with Gasteiger partial charge in [0.1, 0.15) is 10.7 Å². The van der Waals surface area contributed by atoms with Crippen molar-refractivity contribution in [2.75, 3.05) is 24.5 Å². The molecule has 6 nitrogen and oxygen atoms in total. The molecule has 0 radical (unpaired) electrons. The van der Waals surface area contributed by atoms with Gasteiger partial charge in [0.2, 0.25) is 10.0 Å². The zero-order valence-electron chi connectivity index (χ0n) is 9.83. The molecule has 0 amide bonds. The third-order valence-corrected chi connectivity index (χ3v) is 3.29. The second-order valence-electron chi connectivity index (χ2n) is 3.62. The van der Waals surface area contributed by atoms with Gasteiger partial charge in [0.15, 0.2) is 0 Å². The first kappa shape index (κ1) is 13.9. The van der Waals surface area contributed by atoms with Crippen molar-refractivity contribution in [2.24, 2.45) is 10.9 Å². The van der Waals surface area contributed by atoms with Gasteiger partial charge in [0, 0.05) is 19.3 Å². The Labute approximate surface area is 102 Å². The van der Waals surface area contributed by atoms with Gasteiger partial charge in [0.05, 0.1) is 0 Å². The second-order valence-corrected chi connectivity index (χ2v) is 5.18. The fourth-order valence-electron chi connectivity index (χ4n) is 1.44. The van der Waals surface area contributed by atoms with Crippen LogP contribution in [0, 0.1) is 0 Å². The molecule has 1 aromatic heterocycles. The van der Waals surface area contributed by atoms with Crippen LogP contribution in [-0.4, -0.2) is 33.0 Å². The maximum Gasteiger partial charge on any atom is 0.239 e. The SMILES string of the molecule is CCN(CCCN)c1ccc(S(N)(=O)=O)cn1. The lowest BCUT2D eigenvalue weighted by atomic mass is 10.3. The summed E-state index contributed by atoms with van der Waals surface area (Å²) in [5.41, 5.74) is 5.45. The Balaban J connectivity index is 2.85. The van der Waals surface area contributed by atoms with E-state index in [-0.39, 0.29) is 4.90 Å². The van der Waals surface area contributed by atoms with Crippen molar-refractivity contribution in [3.8, 4) is 0 Å². The van der Waals surface area contributed by atoms with E-state index in [1.54, 1.807) is 6.07 Å².